The van der Waals surface area contributed by atoms with E-state index in [-0.39, 0.29) is 36.5 Å². The van der Waals surface area contributed by atoms with E-state index in [1.807, 2.05) is 31.2 Å². The van der Waals surface area contributed by atoms with Crippen LogP contribution in [0.15, 0.2) is 48.5 Å². The maximum Gasteiger partial charge on any atom is 0.336 e. The molecule has 2 aromatic rings. The fraction of sp³-hybridized carbons (Fsp3) is 0.211. The zero-order chi connectivity index (χ0) is 18.2. The number of amides is 2. The topological polar surface area (TPSA) is 95.5 Å². The molecule has 0 fully saturated rings. The van der Waals surface area contributed by atoms with Crippen LogP contribution in [0.3, 0.4) is 0 Å². The highest BCUT2D eigenvalue weighted by atomic mass is 16.4. The van der Waals surface area contributed by atoms with Crippen molar-refractivity contribution in [3.05, 3.63) is 70.8 Å². The molecule has 0 bridgehead atoms. The summed E-state index contributed by atoms with van der Waals surface area (Å²) in [5.41, 5.74) is 2.07. The zero-order valence-corrected chi connectivity index (χ0v) is 13.9. The van der Waals surface area contributed by atoms with Crippen LogP contribution in [0.25, 0.3) is 0 Å². The van der Waals surface area contributed by atoms with Gasteiger partial charge >= 0.3 is 5.97 Å². The van der Waals surface area contributed by atoms with Crippen LogP contribution in [-0.4, -0.2) is 36.0 Å². The van der Waals surface area contributed by atoms with Gasteiger partial charge in [-0.15, -0.1) is 0 Å². The maximum atomic E-state index is 12.1. The Hall–Kier alpha value is -3.15. The van der Waals surface area contributed by atoms with E-state index in [4.69, 9.17) is 5.11 Å². The second-order valence-electron chi connectivity index (χ2n) is 5.62. The molecule has 2 amide bonds. The molecule has 0 aliphatic carbocycles. The van der Waals surface area contributed by atoms with Crippen molar-refractivity contribution in [3.63, 3.8) is 0 Å². The molecule has 0 saturated heterocycles. The summed E-state index contributed by atoms with van der Waals surface area (Å²) in [6.45, 7) is 2.45. The smallest absolute Gasteiger partial charge is 0.336 e. The quantitative estimate of drug-likeness (QED) is 0.670. The van der Waals surface area contributed by atoms with Gasteiger partial charge < -0.3 is 15.7 Å². The maximum absolute atomic E-state index is 12.1. The van der Waals surface area contributed by atoms with Crippen LogP contribution < -0.4 is 10.6 Å². The number of aromatic carboxylic acids is 1. The molecule has 2 rings (SSSR count). The predicted octanol–water partition coefficient (Wildman–Crippen LogP) is 1.78. The molecule has 0 aliphatic rings. The minimum absolute atomic E-state index is 0.0523. The van der Waals surface area contributed by atoms with Gasteiger partial charge in [0, 0.05) is 13.1 Å². The average molecular weight is 340 g/mol. The van der Waals surface area contributed by atoms with Gasteiger partial charge in [0.05, 0.1) is 17.5 Å². The van der Waals surface area contributed by atoms with Gasteiger partial charge in [0.15, 0.2) is 0 Å². The number of carboxylic acids is 1. The van der Waals surface area contributed by atoms with Crippen molar-refractivity contribution in [2.45, 2.75) is 13.3 Å². The average Bonchev–Trinajstić information content (AvgIpc) is 2.58. The molecule has 0 aromatic heterocycles. The van der Waals surface area contributed by atoms with Gasteiger partial charge in [-0.25, -0.2) is 4.79 Å². The minimum Gasteiger partial charge on any atom is -0.478 e. The molecular weight excluding hydrogens is 320 g/mol. The van der Waals surface area contributed by atoms with Gasteiger partial charge in [0.25, 0.3) is 5.91 Å². The first kappa shape index (κ1) is 18.2. The van der Waals surface area contributed by atoms with Crippen LogP contribution in [0, 0.1) is 6.92 Å². The zero-order valence-electron chi connectivity index (χ0n) is 13.9. The highest BCUT2D eigenvalue weighted by molar-refractivity contribution is 6.04. The highest BCUT2D eigenvalue weighted by Gasteiger charge is 2.15. The number of rotatable bonds is 7. The Labute approximate surface area is 145 Å². The van der Waals surface area contributed by atoms with Crippen molar-refractivity contribution in [2.24, 2.45) is 0 Å². The van der Waals surface area contributed by atoms with E-state index < -0.39 is 11.9 Å². The second-order valence-corrected chi connectivity index (χ2v) is 5.62. The molecule has 0 unspecified atom stereocenters. The first-order chi connectivity index (χ1) is 12.0. The lowest BCUT2D eigenvalue weighted by Crippen LogP contribution is -2.35. The molecule has 3 N–H and O–H groups in total. The number of carboxylic acid groups (broad SMARTS) is 1. The highest BCUT2D eigenvalue weighted by Crippen LogP contribution is 2.08. The Kier molecular flexibility index (Phi) is 6.28. The summed E-state index contributed by atoms with van der Waals surface area (Å²) in [6.07, 6.45) is 0.275. The summed E-state index contributed by atoms with van der Waals surface area (Å²) in [4.78, 5) is 35.0. The first-order valence-electron chi connectivity index (χ1n) is 7.90. The van der Waals surface area contributed by atoms with E-state index in [0.717, 1.165) is 11.1 Å². The van der Waals surface area contributed by atoms with E-state index in [1.54, 1.807) is 12.1 Å². The molecule has 0 saturated carbocycles. The molecule has 2 aromatic carbocycles. The summed E-state index contributed by atoms with van der Waals surface area (Å²) >= 11 is 0. The Morgan fingerprint density at radius 1 is 0.920 bits per heavy atom. The van der Waals surface area contributed by atoms with Gasteiger partial charge in [0.1, 0.15) is 0 Å². The number of aryl methyl sites for hydroxylation is 1. The van der Waals surface area contributed by atoms with Crippen molar-refractivity contribution < 1.29 is 19.5 Å². The fourth-order valence-corrected chi connectivity index (χ4v) is 2.41. The number of carbonyl (C=O) groups excluding carboxylic acids is 2. The third kappa shape index (κ3) is 5.46. The second kappa shape index (κ2) is 8.63. The van der Waals surface area contributed by atoms with Gasteiger partial charge in [0.2, 0.25) is 5.91 Å². The Balaban J connectivity index is 1.78. The van der Waals surface area contributed by atoms with Gasteiger partial charge in [-0.1, -0.05) is 42.0 Å². The van der Waals surface area contributed by atoms with Crippen LogP contribution in [0.4, 0.5) is 0 Å². The van der Waals surface area contributed by atoms with E-state index in [2.05, 4.69) is 10.6 Å². The van der Waals surface area contributed by atoms with Crippen LogP contribution >= 0.6 is 0 Å². The lowest BCUT2D eigenvalue weighted by molar-refractivity contribution is -0.120. The molecule has 0 radical (unpaired) electrons. The number of hydrogen-bond donors (Lipinski definition) is 3. The van der Waals surface area contributed by atoms with Crippen LogP contribution in [0.1, 0.15) is 31.8 Å². The van der Waals surface area contributed by atoms with Crippen LogP contribution in [0.2, 0.25) is 0 Å². The number of carbonyl (C=O) groups is 3. The van der Waals surface area contributed by atoms with Crippen molar-refractivity contribution >= 4 is 17.8 Å². The van der Waals surface area contributed by atoms with E-state index >= 15 is 0 Å². The number of benzene rings is 2. The largest absolute Gasteiger partial charge is 0.478 e. The molecule has 0 heterocycles. The lowest BCUT2D eigenvalue weighted by atomic mass is 10.1. The summed E-state index contributed by atoms with van der Waals surface area (Å²) in [6, 6.07) is 13.7. The Morgan fingerprint density at radius 2 is 1.60 bits per heavy atom. The van der Waals surface area contributed by atoms with Crippen LogP contribution in [-0.2, 0) is 11.2 Å². The Morgan fingerprint density at radius 3 is 2.28 bits per heavy atom. The van der Waals surface area contributed by atoms with Crippen molar-refractivity contribution in [1.82, 2.24) is 10.6 Å². The van der Waals surface area contributed by atoms with E-state index in [9.17, 15) is 14.4 Å². The van der Waals surface area contributed by atoms with E-state index in [0.29, 0.717) is 0 Å². The molecule has 6 nitrogen and oxygen atoms in total. The lowest BCUT2D eigenvalue weighted by Gasteiger charge is -2.09. The molecular formula is C19H20N2O4. The normalized spacial score (nSPS) is 10.1. The van der Waals surface area contributed by atoms with Gasteiger partial charge in [-0.05, 0) is 24.6 Å². The summed E-state index contributed by atoms with van der Waals surface area (Å²) in [7, 11) is 0. The SMILES string of the molecule is Cc1cccc(CC(=O)NCCNC(=O)c2ccccc2C(=O)O)c1. The van der Waals surface area contributed by atoms with Crippen molar-refractivity contribution in [3.8, 4) is 0 Å². The minimum atomic E-state index is -1.16. The third-order valence-corrected chi connectivity index (χ3v) is 3.58. The van der Waals surface area contributed by atoms with Gasteiger partial charge in [-0.2, -0.15) is 0 Å². The van der Waals surface area contributed by atoms with Gasteiger partial charge in [-0.3, -0.25) is 9.59 Å². The molecule has 130 valence electrons. The number of hydrogen-bond acceptors (Lipinski definition) is 3. The Bertz CT molecular complexity index is 786. The summed E-state index contributed by atoms with van der Waals surface area (Å²) in [5.74, 6) is -1.77. The molecule has 0 atom stereocenters. The molecule has 6 heteroatoms. The van der Waals surface area contributed by atoms with Crippen molar-refractivity contribution in [1.29, 1.82) is 0 Å². The van der Waals surface area contributed by atoms with Crippen molar-refractivity contribution in [2.75, 3.05) is 13.1 Å². The summed E-state index contributed by atoms with van der Waals surface area (Å²) in [5, 5.41) is 14.4. The molecule has 0 spiro atoms. The fourth-order valence-electron chi connectivity index (χ4n) is 2.41. The molecule has 25 heavy (non-hydrogen) atoms. The van der Waals surface area contributed by atoms with E-state index in [1.165, 1.54) is 12.1 Å². The van der Waals surface area contributed by atoms with Crippen LogP contribution in [0.5, 0.6) is 0 Å². The first-order valence-corrected chi connectivity index (χ1v) is 7.90. The monoisotopic (exact) mass is 340 g/mol. The third-order valence-electron chi connectivity index (χ3n) is 3.58. The number of nitrogens with one attached hydrogen (secondary N) is 2. The predicted molar refractivity (Wildman–Crippen MR) is 93.6 cm³/mol. The molecule has 0 aliphatic heterocycles. The standard InChI is InChI=1S/C19H20N2O4/c1-13-5-4-6-14(11-13)12-17(22)20-9-10-21-18(23)15-7-2-3-8-16(15)19(24)25/h2-8,11H,9-10,12H2,1H3,(H,20,22)(H,21,23)(H,24,25). The summed E-state index contributed by atoms with van der Waals surface area (Å²) < 4.78 is 0.